The van der Waals surface area contributed by atoms with Gasteiger partial charge in [0.15, 0.2) is 0 Å². The lowest BCUT2D eigenvalue weighted by Crippen LogP contribution is -2.32. The SMILES string of the molecule is CC1CCC(Oc2nc(N)nc(N3CCCCC3)n2)CC1. The highest BCUT2D eigenvalue weighted by atomic mass is 16.5. The highest BCUT2D eigenvalue weighted by Crippen LogP contribution is 2.27. The molecule has 0 spiro atoms. The number of anilines is 2. The maximum absolute atomic E-state index is 5.95. The van der Waals surface area contributed by atoms with Crippen molar-refractivity contribution in [3.8, 4) is 6.01 Å². The lowest BCUT2D eigenvalue weighted by atomic mass is 9.89. The van der Waals surface area contributed by atoms with E-state index in [4.69, 9.17) is 10.5 Å². The third kappa shape index (κ3) is 3.74. The second-order valence-corrected chi connectivity index (χ2v) is 6.32. The summed E-state index contributed by atoms with van der Waals surface area (Å²) in [6.45, 7) is 4.28. The average molecular weight is 291 g/mol. The molecule has 0 atom stereocenters. The topological polar surface area (TPSA) is 77.2 Å². The van der Waals surface area contributed by atoms with E-state index in [1.54, 1.807) is 0 Å². The van der Waals surface area contributed by atoms with Crippen LogP contribution in [0.25, 0.3) is 0 Å². The molecular weight excluding hydrogens is 266 g/mol. The zero-order chi connectivity index (χ0) is 14.7. The molecule has 3 rings (SSSR count). The number of aromatic nitrogens is 3. The number of nitrogens with two attached hydrogens (primary N) is 1. The predicted molar refractivity (Wildman–Crippen MR) is 82.4 cm³/mol. The number of rotatable bonds is 3. The van der Waals surface area contributed by atoms with Gasteiger partial charge in [-0.1, -0.05) is 6.92 Å². The van der Waals surface area contributed by atoms with Crippen LogP contribution in [-0.4, -0.2) is 34.1 Å². The maximum atomic E-state index is 5.95. The van der Waals surface area contributed by atoms with Crippen molar-refractivity contribution in [3.63, 3.8) is 0 Å². The van der Waals surface area contributed by atoms with Crippen LogP contribution in [0, 0.1) is 5.92 Å². The van der Waals surface area contributed by atoms with Gasteiger partial charge in [-0.05, 0) is 50.9 Å². The lowest BCUT2D eigenvalue weighted by molar-refractivity contribution is 0.124. The average Bonchev–Trinajstić information content (AvgIpc) is 2.50. The van der Waals surface area contributed by atoms with E-state index in [9.17, 15) is 0 Å². The lowest BCUT2D eigenvalue weighted by Gasteiger charge is -2.28. The first-order valence-electron chi connectivity index (χ1n) is 8.14. The molecule has 0 radical (unpaired) electrons. The Kier molecular flexibility index (Phi) is 4.41. The van der Waals surface area contributed by atoms with E-state index in [0.29, 0.717) is 12.0 Å². The summed E-state index contributed by atoms with van der Waals surface area (Å²) in [6.07, 6.45) is 8.44. The van der Waals surface area contributed by atoms with Crippen LogP contribution in [0.2, 0.25) is 0 Å². The van der Waals surface area contributed by atoms with E-state index >= 15 is 0 Å². The van der Waals surface area contributed by atoms with Crippen molar-refractivity contribution in [2.75, 3.05) is 23.7 Å². The highest BCUT2D eigenvalue weighted by molar-refractivity contribution is 5.36. The maximum Gasteiger partial charge on any atom is 0.323 e. The number of nitrogen functional groups attached to an aromatic ring is 1. The first-order valence-corrected chi connectivity index (χ1v) is 8.14. The van der Waals surface area contributed by atoms with Gasteiger partial charge in [0.1, 0.15) is 6.10 Å². The van der Waals surface area contributed by atoms with Crippen molar-refractivity contribution in [1.29, 1.82) is 0 Å². The third-order valence-electron chi connectivity index (χ3n) is 4.49. The second kappa shape index (κ2) is 6.45. The molecule has 21 heavy (non-hydrogen) atoms. The Hall–Kier alpha value is -1.59. The van der Waals surface area contributed by atoms with E-state index < -0.39 is 0 Å². The Morgan fingerprint density at radius 1 is 1.00 bits per heavy atom. The number of piperidine rings is 1. The summed E-state index contributed by atoms with van der Waals surface area (Å²) in [5.74, 6) is 1.73. The number of ether oxygens (including phenoxy) is 1. The summed E-state index contributed by atoms with van der Waals surface area (Å²) in [5.41, 5.74) is 5.82. The van der Waals surface area contributed by atoms with Gasteiger partial charge >= 0.3 is 6.01 Å². The van der Waals surface area contributed by atoms with Crippen LogP contribution in [0.5, 0.6) is 6.01 Å². The second-order valence-electron chi connectivity index (χ2n) is 6.32. The minimum atomic E-state index is 0.220. The van der Waals surface area contributed by atoms with Gasteiger partial charge in [-0.15, -0.1) is 0 Å². The monoisotopic (exact) mass is 291 g/mol. The smallest absolute Gasteiger partial charge is 0.323 e. The molecule has 0 amide bonds. The number of nitrogens with zero attached hydrogens (tertiary/aromatic N) is 4. The Morgan fingerprint density at radius 3 is 2.43 bits per heavy atom. The Morgan fingerprint density at radius 2 is 1.71 bits per heavy atom. The van der Waals surface area contributed by atoms with Crippen molar-refractivity contribution in [1.82, 2.24) is 15.0 Å². The van der Waals surface area contributed by atoms with Gasteiger partial charge in [0.2, 0.25) is 11.9 Å². The van der Waals surface area contributed by atoms with Gasteiger partial charge < -0.3 is 15.4 Å². The van der Waals surface area contributed by atoms with Crippen molar-refractivity contribution in [2.45, 2.75) is 58.0 Å². The molecular formula is C15H25N5O. The fraction of sp³-hybridized carbons (Fsp3) is 0.800. The molecule has 6 nitrogen and oxygen atoms in total. The Bertz CT molecular complexity index is 467. The first kappa shape index (κ1) is 14.4. The quantitative estimate of drug-likeness (QED) is 0.921. The zero-order valence-electron chi connectivity index (χ0n) is 12.8. The molecule has 1 saturated heterocycles. The molecule has 1 saturated carbocycles. The van der Waals surface area contributed by atoms with Gasteiger partial charge in [0.05, 0.1) is 0 Å². The molecule has 1 aliphatic carbocycles. The molecule has 0 bridgehead atoms. The van der Waals surface area contributed by atoms with E-state index in [1.807, 2.05) is 0 Å². The highest BCUT2D eigenvalue weighted by Gasteiger charge is 2.22. The summed E-state index contributed by atoms with van der Waals surface area (Å²) in [7, 11) is 0. The fourth-order valence-electron chi connectivity index (χ4n) is 3.15. The minimum Gasteiger partial charge on any atom is -0.460 e. The molecule has 2 aliphatic rings. The van der Waals surface area contributed by atoms with Crippen LogP contribution >= 0.6 is 0 Å². The van der Waals surface area contributed by atoms with Crippen LogP contribution in [0.3, 0.4) is 0 Å². The molecule has 2 N–H and O–H groups in total. The molecule has 2 fully saturated rings. The van der Waals surface area contributed by atoms with E-state index in [0.717, 1.165) is 31.8 Å². The summed E-state index contributed by atoms with van der Waals surface area (Å²) in [5, 5.41) is 0. The van der Waals surface area contributed by atoms with Crippen LogP contribution in [0.1, 0.15) is 51.9 Å². The zero-order valence-corrected chi connectivity index (χ0v) is 12.8. The van der Waals surface area contributed by atoms with Crippen molar-refractivity contribution < 1.29 is 4.74 Å². The van der Waals surface area contributed by atoms with Crippen LogP contribution in [0.4, 0.5) is 11.9 Å². The fourth-order valence-corrected chi connectivity index (χ4v) is 3.15. The molecule has 1 aliphatic heterocycles. The molecule has 0 unspecified atom stereocenters. The molecule has 1 aromatic rings. The van der Waals surface area contributed by atoms with Gasteiger partial charge in [-0.25, -0.2) is 0 Å². The molecule has 6 heteroatoms. The van der Waals surface area contributed by atoms with Gasteiger partial charge in [-0.2, -0.15) is 15.0 Å². The normalized spacial score (nSPS) is 26.6. The molecule has 0 aromatic carbocycles. The van der Waals surface area contributed by atoms with E-state index in [2.05, 4.69) is 26.8 Å². The number of hydrogen-bond acceptors (Lipinski definition) is 6. The summed E-state index contributed by atoms with van der Waals surface area (Å²) < 4.78 is 5.95. The Labute approximate surface area is 126 Å². The van der Waals surface area contributed by atoms with Crippen LogP contribution < -0.4 is 15.4 Å². The summed E-state index contributed by atoms with van der Waals surface area (Å²) >= 11 is 0. The van der Waals surface area contributed by atoms with Gasteiger partial charge in [0.25, 0.3) is 0 Å². The third-order valence-corrected chi connectivity index (χ3v) is 4.49. The van der Waals surface area contributed by atoms with Gasteiger partial charge in [-0.3, -0.25) is 0 Å². The van der Waals surface area contributed by atoms with Crippen molar-refractivity contribution >= 4 is 11.9 Å². The summed E-state index contributed by atoms with van der Waals surface area (Å²) in [6, 6.07) is 0.391. The molecule has 1 aromatic heterocycles. The van der Waals surface area contributed by atoms with E-state index in [1.165, 1.54) is 32.1 Å². The minimum absolute atomic E-state index is 0.220. The standard InChI is InChI=1S/C15H25N5O/c1-11-5-7-12(8-6-11)21-15-18-13(16)17-14(19-15)20-9-3-2-4-10-20/h11-12H,2-10H2,1H3,(H2,16,17,18,19). The van der Waals surface area contributed by atoms with Crippen molar-refractivity contribution in [2.24, 2.45) is 5.92 Å². The predicted octanol–water partition coefficient (Wildman–Crippen LogP) is 2.40. The van der Waals surface area contributed by atoms with Crippen LogP contribution in [0.15, 0.2) is 0 Å². The van der Waals surface area contributed by atoms with E-state index in [-0.39, 0.29) is 12.1 Å². The molecule has 2 heterocycles. The van der Waals surface area contributed by atoms with Gasteiger partial charge in [0, 0.05) is 13.1 Å². The first-order chi connectivity index (χ1) is 10.2. The van der Waals surface area contributed by atoms with Crippen LogP contribution in [-0.2, 0) is 0 Å². The molecule has 116 valence electrons. The largest absolute Gasteiger partial charge is 0.460 e. The Balaban J connectivity index is 1.68. The van der Waals surface area contributed by atoms with Crippen molar-refractivity contribution in [3.05, 3.63) is 0 Å². The number of hydrogen-bond donors (Lipinski definition) is 1. The summed E-state index contributed by atoms with van der Waals surface area (Å²) in [4.78, 5) is 15.1.